The Labute approximate surface area is 130 Å². The first-order valence-electron chi connectivity index (χ1n) is 7.24. The maximum Gasteiger partial charge on any atom is 0.488 e. The number of carbonyl (C=O) groups is 2. The molecule has 1 aromatic carbocycles. The predicted octanol–water partition coefficient (Wildman–Crippen LogP) is 2.43. The highest BCUT2D eigenvalue weighted by Crippen LogP contribution is 2.37. The third-order valence-corrected chi connectivity index (χ3v) is 4.49. The summed E-state index contributed by atoms with van der Waals surface area (Å²) in [5.41, 5.74) is -0.0642. The largest absolute Gasteiger partial charge is 0.488 e. The van der Waals surface area contributed by atoms with Gasteiger partial charge in [-0.15, -0.1) is 0 Å². The lowest BCUT2D eigenvalue weighted by atomic mass is 9.90. The van der Waals surface area contributed by atoms with E-state index < -0.39 is 18.3 Å². The maximum absolute atomic E-state index is 12.2. The van der Waals surface area contributed by atoms with Gasteiger partial charge in [0, 0.05) is 6.20 Å². The second-order valence-corrected chi connectivity index (χ2v) is 6.49. The van der Waals surface area contributed by atoms with Gasteiger partial charge in [-0.25, -0.2) is 0 Å². The first-order valence-corrected chi connectivity index (χ1v) is 7.24. The fourth-order valence-corrected chi connectivity index (χ4v) is 2.47. The molecule has 1 saturated heterocycles. The standard InChI is InChI=1S/C16H18BNO4/c1-15(2)16(3,4)22-17(21-15)9-10-18-13(19)11-7-5-6-8-12(11)14(18)20/h5-10H,1-4H3/b10-9+. The molecule has 0 spiro atoms. The molecule has 6 heteroatoms. The summed E-state index contributed by atoms with van der Waals surface area (Å²) in [5.74, 6) is 0.944. The number of benzene rings is 1. The minimum absolute atomic E-state index is 0.326. The van der Waals surface area contributed by atoms with Gasteiger partial charge >= 0.3 is 7.12 Å². The van der Waals surface area contributed by atoms with E-state index in [0.29, 0.717) is 11.1 Å². The van der Waals surface area contributed by atoms with Gasteiger partial charge in [-0.2, -0.15) is 0 Å². The predicted molar refractivity (Wildman–Crippen MR) is 82.2 cm³/mol. The second-order valence-electron chi connectivity index (χ2n) is 6.49. The molecule has 22 heavy (non-hydrogen) atoms. The molecule has 0 atom stereocenters. The van der Waals surface area contributed by atoms with Crippen LogP contribution in [-0.4, -0.2) is 35.0 Å². The Morgan fingerprint density at radius 1 is 0.955 bits per heavy atom. The summed E-state index contributed by atoms with van der Waals surface area (Å²) in [5, 5.41) is 0. The van der Waals surface area contributed by atoms with Crippen LogP contribution < -0.4 is 0 Å². The highest BCUT2D eigenvalue weighted by molar-refractivity contribution is 6.51. The first kappa shape index (κ1) is 15.0. The third kappa shape index (κ3) is 2.19. The molecule has 0 aliphatic carbocycles. The van der Waals surface area contributed by atoms with E-state index in [1.807, 2.05) is 27.7 Å². The molecule has 1 fully saturated rings. The highest BCUT2D eigenvalue weighted by atomic mass is 16.7. The van der Waals surface area contributed by atoms with Gasteiger partial charge in [-0.1, -0.05) is 12.1 Å². The van der Waals surface area contributed by atoms with E-state index in [4.69, 9.17) is 9.31 Å². The summed E-state index contributed by atoms with van der Waals surface area (Å²) >= 11 is 0. The van der Waals surface area contributed by atoms with E-state index in [2.05, 4.69) is 0 Å². The monoisotopic (exact) mass is 299 g/mol. The van der Waals surface area contributed by atoms with Gasteiger partial charge in [-0.3, -0.25) is 14.5 Å². The summed E-state index contributed by atoms with van der Waals surface area (Å²) in [6.07, 6.45) is 1.44. The van der Waals surface area contributed by atoms with Crippen molar-refractivity contribution in [3.05, 3.63) is 47.6 Å². The fourth-order valence-electron chi connectivity index (χ4n) is 2.47. The number of nitrogens with zero attached hydrogens (tertiary/aromatic N) is 1. The van der Waals surface area contributed by atoms with Crippen molar-refractivity contribution in [3.8, 4) is 0 Å². The van der Waals surface area contributed by atoms with Gasteiger partial charge < -0.3 is 9.31 Å². The maximum atomic E-state index is 12.2. The second kappa shape index (κ2) is 4.79. The molecule has 0 bridgehead atoms. The summed E-state index contributed by atoms with van der Waals surface area (Å²) in [4.78, 5) is 25.6. The molecule has 0 radical (unpaired) electrons. The molecule has 2 aliphatic rings. The number of imide groups is 1. The normalized spacial score (nSPS) is 22.7. The van der Waals surface area contributed by atoms with Crippen LogP contribution in [0.15, 0.2) is 36.4 Å². The molecular formula is C16H18BNO4. The van der Waals surface area contributed by atoms with Crippen molar-refractivity contribution in [1.29, 1.82) is 0 Å². The molecule has 0 N–H and O–H groups in total. The van der Waals surface area contributed by atoms with E-state index in [9.17, 15) is 9.59 Å². The molecule has 2 heterocycles. The van der Waals surface area contributed by atoms with Crippen LogP contribution in [0.25, 0.3) is 0 Å². The van der Waals surface area contributed by atoms with Crippen LogP contribution in [-0.2, 0) is 9.31 Å². The number of hydrogen-bond acceptors (Lipinski definition) is 4. The lowest BCUT2D eigenvalue weighted by Crippen LogP contribution is -2.41. The summed E-state index contributed by atoms with van der Waals surface area (Å²) in [7, 11) is -0.589. The van der Waals surface area contributed by atoms with Crippen LogP contribution in [0.4, 0.5) is 0 Å². The Balaban J connectivity index is 1.79. The van der Waals surface area contributed by atoms with Crippen molar-refractivity contribution in [2.45, 2.75) is 38.9 Å². The molecule has 2 amide bonds. The minimum Gasteiger partial charge on any atom is -0.400 e. The molecule has 5 nitrogen and oxygen atoms in total. The molecular weight excluding hydrogens is 281 g/mol. The lowest BCUT2D eigenvalue weighted by Gasteiger charge is -2.32. The quantitative estimate of drug-likeness (QED) is 0.621. The van der Waals surface area contributed by atoms with Gasteiger partial charge in [0.15, 0.2) is 0 Å². The number of rotatable bonds is 2. The van der Waals surface area contributed by atoms with Gasteiger partial charge in [0.2, 0.25) is 0 Å². The van der Waals surface area contributed by atoms with E-state index in [1.165, 1.54) is 6.20 Å². The topological polar surface area (TPSA) is 55.8 Å². The third-order valence-electron chi connectivity index (χ3n) is 4.49. The van der Waals surface area contributed by atoms with Crippen LogP contribution in [0.3, 0.4) is 0 Å². The van der Waals surface area contributed by atoms with E-state index in [-0.39, 0.29) is 11.8 Å². The van der Waals surface area contributed by atoms with Gasteiger partial charge in [0.25, 0.3) is 11.8 Å². The smallest absolute Gasteiger partial charge is 0.400 e. The van der Waals surface area contributed by atoms with E-state index >= 15 is 0 Å². The summed E-state index contributed by atoms with van der Waals surface area (Å²) in [6.45, 7) is 7.79. The zero-order valence-corrected chi connectivity index (χ0v) is 13.1. The number of amides is 2. The Hall–Kier alpha value is -1.92. The molecule has 0 saturated carbocycles. The Morgan fingerprint density at radius 2 is 1.41 bits per heavy atom. The van der Waals surface area contributed by atoms with Crippen molar-refractivity contribution in [2.75, 3.05) is 0 Å². The van der Waals surface area contributed by atoms with E-state index in [1.54, 1.807) is 30.2 Å². The van der Waals surface area contributed by atoms with Gasteiger partial charge in [0.1, 0.15) is 0 Å². The van der Waals surface area contributed by atoms with Gasteiger partial charge in [-0.05, 0) is 45.8 Å². The SMILES string of the molecule is CC1(C)OB(/C=C/N2C(=O)c3ccccc3C2=O)OC1(C)C. The highest BCUT2D eigenvalue weighted by Gasteiger charge is 2.50. The minimum atomic E-state index is -0.589. The van der Waals surface area contributed by atoms with Crippen molar-refractivity contribution in [1.82, 2.24) is 4.90 Å². The zero-order chi connectivity index (χ0) is 16.1. The number of hydrogen-bond donors (Lipinski definition) is 0. The summed E-state index contributed by atoms with van der Waals surface area (Å²) < 4.78 is 11.6. The Kier molecular flexibility index (Phi) is 3.27. The fraction of sp³-hybridized carbons (Fsp3) is 0.375. The molecule has 3 rings (SSSR count). The Morgan fingerprint density at radius 3 is 1.86 bits per heavy atom. The number of fused-ring (bicyclic) bond motifs is 1. The molecule has 0 unspecified atom stereocenters. The average Bonchev–Trinajstić information content (AvgIpc) is 2.80. The average molecular weight is 299 g/mol. The van der Waals surface area contributed by atoms with Crippen LogP contribution >= 0.6 is 0 Å². The van der Waals surface area contributed by atoms with Crippen molar-refractivity contribution >= 4 is 18.9 Å². The van der Waals surface area contributed by atoms with E-state index in [0.717, 1.165) is 4.90 Å². The molecule has 0 aromatic heterocycles. The van der Waals surface area contributed by atoms with Crippen LogP contribution in [0.5, 0.6) is 0 Å². The van der Waals surface area contributed by atoms with Crippen molar-refractivity contribution < 1.29 is 18.9 Å². The van der Waals surface area contributed by atoms with Crippen LogP contribution in [0.2, 0.25) is 0 Å². The summed E-state index contributed by atoms with van der Waals surface area (Å²) in [6, 6.07) is 6.79. The number of carbonyl (C=O) groups excluding carboxylic acids is 2. The first-order chi connectivity index (χ1) is 10.2. The Bertz CT molecular complexity index is 629. The van der Waals surface area contributed by atoms with Crippen molar-refractivity contribution in [3.63, 3.8) is 0 Å². The molecule has 1 aromatic rings. The molecule has 2 aliphatic heterocycles. The van der Waals surface area contributed by atoms with Gasteiger partial charge in [0.05, 0.1) is 22.3 Å². The molecule has 114 valence electrons. The van der Waals surface area contributed by atoms with Crippen LogP contribution in [0.1, 0.15) is 48.4 Å². The zero-order valence-electron chi connectivity index (χ0n) is 13.1. The van der Waals surface area contributed by atoms with Crippen molar-refractivity contribution in [2.24, 2.45) is 0 Å². The van der Waals surface area contributed by atoms with Crippen LogP contribution in [0, 0.1) is 0 Å². The lowest BCUT2D eigenvalue weighted by molar-refractivity contribution is 0.00578.